The molecule has 0 fully saturated rings. The van der Waals surface area contributed by atoms with Crippen molar-refractivity contribution in [1.29, 1.82) is 0 Å². The van der Waals surface area contributed by atoms with Crippen LogP contribution in [0.4, 0.5) is 5.82 Å². The van der Waals surface area contributed by atoms with Crippen LogP contribution < -0.4 is 11.2 Å². The van der Waals surface area contributed by atoms with Crippen LogP contribution in [0.2, 0.25) is 5.02 Å². The molecule has 0 saturated heterocycles. The Balaban J connectivity index is 1.53. The van der Waals surface area contributed by atoms with Gasteiger partial charge in [-0.1, -0.05) is 54.9 Å². The Hall–Kier alpha value is -3.70. The maximum absolute atomic E-state index is 12.9. The number of nitrogen functional groups attached to an aromatic ring is 1. The number of carbonyl (C=O) groups is 1. The molecule has 0 aliphatic heterocycles. The summed E-state index contributed by atoms with van der Waals surface area (Å²) in [5.41, 5.74) is 10.9. The molecule has 0 aliphatic rings. The van der Waals surface area contributed by atoms with Crippen LogP contribution in [0.5, 0.6) is 0 Å². The normalized spacial score (nSPS) is 11.4. The molecule has 2 aromatic carbocycles. The van der Waals surface area contributed by atoms with Gasteiger partial charge in [-0.25, -0.2) is 10.1 Å². The van der Waals surface area contributed by atoms with Gasteiger partial charge in [-0.2, -0.15) is 9.78 Å². The predicted molar refractivity (Wildman–Crippen MR) is 130 cm³/mol. The van der Waals surface area contributed by atoms with Crippen LogP contribution in [0.25, 0.3) is 5.82 Å². The minimum absolute atomic E-state index is 0.0254. The maximum Gasteiger partial charge on any atom is 0.293 e. The first-order chi connectivity index (χ1) is 16.4. The van der Waals surface area contributed by atoms with E-state index in [1.54, 1.807) is 18.3 Å². The second-order valence-corrected chi connectivity index (χ2v) is 9.02. The molecule has 34 heavy (non-hydrogen) atoms. The van der Waals surface area contributed by atoms with Gasteiger partial charge in [0, 0.05) is 15.7 Å². The SMILES string of the molecule is CC(C)c1ccc(/C=N\NC(=O)c2nnn(-c3nonc3N)c2CSc2ccc(Cl)cc2)cc1. The van der Waals surface area contributed by atoms with Crippen molar-refractivity contribution in [2.75, 3.05) is 5.73 Å². The van der Waals surface area contributed by atoms with Gasteiger partial charge in [-0.3, -0.25) is 4.79 Å². The fourth-order valence-electron chi connectivity index (χ4n) is 2.98. The molecule has 0 spiro atoms. The number of benzene rings is 2. The molecule has 1 amide bonds. The zero-order valence-electron chi connectivity index (χ0n) is 18.3. The first kappa shape index (κ1) is 23.5. The molecule has 0 aliphatic carbocycles. The first-order valence-corrected chi connectivity index (χ1v) is 11.6. The van der Waals surface area contributed by atoms with Crippen LogP contribution in [-0.4, -0.2) is 37.4 Å². The van der Waals surface area contributed by atoms with E-state index < -0.39 is 5.91 Å². The number of amides is 1. The summed E-state index contributed by atoms with van der Waals surface area (Å²) < 4.78 is 6.01. The Bertz CT molecular complexity index is 1300. The lowest BCUT2D eigenvalue weighted by molar-refractivity contribution is 0.0949. The maximum atomic E-state index is 12.9. The Labute approximate surface area is 204 Å². The van der Waals surface area contributed by atoms with E-state index in [-0.39, 0.29) is 17.3 Å². The number of hydrogen-bond acceptors (Lipinski definition) is 9. The number of halogens is 1. The molecule has 2 heterocycles. The van der Waals surface area contributed by atoms with Gasteiger partial charge in [-0.05, 0) is 51.6 Å². The Morgan fingerprint density at radius 1 is 1.21 bits per heavy atom. The number of rotatable bonds is 8. The number of nitrogens with one attached hydrogen (secondary N) is 1. The van der Waals surface area contributed by atoms with E-state index in [9.17, 15) is 4.79 Å². The van der Waals surface area contributed by atoms with Crippen molar-refractivity contribution in [3.63, 3.8) is 0 Å². The topological polar surface area (TPSA) is 137 Å². The van der Waals surface area contributed by atoms with Crippen LogP contribution in [-0.2, 0) is 5.75 Å². The molecule has 2 aromatic heterocycles. The molecule has 4 aromatic rings. The molecule has 4 rings (SSSR count). The van der Waals surface area contributed by atoms with E-state index in [0.29, 0.717) is 22.4 Å². The number of nitrogens with zero attached hydrogens (tertiary/aromatic N) is 6. The minimum Gasteiger partial charge on any atom is -0.378 e. The van der Waals surface area contributed by atoms with Gasteiger partial charge >= 0.3 is 0 Å². The summed E-state index contributed by atoms with van der Waals surface area (Å²) in [4.78, 5) is 13.8. The van der Waals surface area contributed by atoms with E-state index in [2.05, 4.69) is 49.6 Å². The molecular formula is C22H21ClN8O2S. The van der Waals surface area contributed by atoms with Gasteiger partial charge in [0.25, 0.3) is 5.91 Å². The molecule has 174 valence electrons. The lowest BCUT2D eigenvalue weighted by atomic mass is 10.0. The lowest BCUT2D eigenvalue weighted by Crippen LogP contribution is -2.20. The molecule has 10 nitrogen and oxygen atoms in total. The molecule has 0 saturated carbocycles. The molecule has 0 unspecified atom stereocenters. The van der Waals surface area contributed by atoms with Gasteiger partial charge in [0.2, 0.25) is 11.6 Å². The Morgan fingerprint density at radius 2 is 1.94 bits per heavy atom. The van der Waals surface area contributed by atoms with Gasteiger partial charge < -0.3 is 5.73 Å². The summed E-state index contributed by atoms with van der Waals surface area (Å²) >= 11 is 7.43. The summed E-state index contributed by atoms with van der Waals surface area (Å²) in [5, 5.41) is 20.1. The van der Waals surface area contributed by atoms with E-state index in [1.165, 1.54) is 22.0 Å². The zero-order valence-corrected chi connectivity index (χ0v) is 19.9. The van der Waals surface area contributed by atoms with E-state index in [4.69, 9.17) is 17.3 Å². The highest BCUT2D eigenvalue weighted by Crippen LogP contribution is 2.27. The van der Waals surface area contributed by atoms with Crippen LogP contribution in [0.15, 0.2) is 63.2 Å². The van der Waals surface area contributed by atoms with Gasteiger partial charge in [0.1, 0.15) is 0 Å². The number of aromatic nitrogens is 5. The van der Waals surface area contributed by atoms with Crippen LogP contribution in [0.1, 0.15) is 47.1 Å². The van der Waals surface area contributed by atoms with Crippen LogP contribution in [0.3, 0.4) is 0 Å². The molecule has 0 atom stereocenters. The molecule has 3 N–H and O–H groups in total. The van der Waals surface area contributed by atoms with Gasteiger partial charge in [-0.15, -0.1) is 16.9 Å². The quantitative estimate of drug-likeness (QED) is 0.211. The Kier molecular flexibility index (Phi) is 7.24. The number of thioether (sulfide) groups is 1. The summed E-state index contributed by atoms with van der Waals surface area (Å²) in [6, 6.07) is 15.3. The lowest BCUT2D eigenvalue weighted by Gasteiger charge is -2.06. The molecule has 0 bridgehead atoms. The number of carbonyl (C=O) groups excluding carboxylic acids is 1. The van der Waals surface area contributed by atoms with Crippen molar-refractivity contribution < 1.29 is 9.42 Å². The largest absolute Gasteiger partial charge is 0.378 e. The number of nitrogens with two attached hydrogens (primary N) is 1. The average molecular weight is 497 g/mol. The summed E-state index contributed by atoms with van der Waals surface area (Å²) in [6.45, 7) is 4.25. The fraction of sp³-hybridized carbons (Fsp3) is 0.182. The van der Waals surface area contributed by atoms with Crippen molar-refractivity contribution in [1.82, 2.24) is 30.7 Å². The van der Waals surface area contributed by atoms with Gasteiger partial charge in [0.05, 0.1) is 11.9 Å². The van der Waals surface area contributed by atoms with E-state index >= 15 is 0 Å². The zero-order chi connectivity index (χ0) is 24.1. The molecular weight excluding hydrogens is 476 g/mol. The second kappa shape index (κ2) is 10.5. The smallest absolute Gasteiger partial charge is 0.293 e. The van der Waals surface area contributed by atoms with Crippen molar-refractivity contribution in [3.8, 4) is 5.82 Å². The van der Waals surface area contributed by atoms with Crippen molar-refractivity contribution in [2.45, 2.75) is 30.4 Å². The van der Waals surface area contributed by atoms with Crippen LogP contribution >= 0.6 is 23.4 Å². The monoisotopic (exact) mass is 496 g/mol. The standard InChI is InChI=1S/C22H21ClN8O2S/c1-13(2)15-5-3-14(4-6-15)11-25-27-22(32)19-18(12-34-17-9-7-16(23)8-10-17)31(30-26-19)21-20(24)28-33-29-21/h3-11,13H,12H2,1-2H3,(H2,24,28)(H,27,32)/b25-11-. The second-order valence-electron chi connectivity index (χ2n) is 7.53. The first-order valence-electron chi connectivity index (χ1n) is 10.3. The highest BCUT2D eigenvalue weighted by molar-refractivity contribution is 7.98. The third-order valence-corrected chi connectivity index (χ3v) is 6.12. The van der Waals surface area contributed by atoms with E-state index in [1.807, 2.05) is 36.4 Å². The third-order valence-electron chi connectivity index (χ3n) is 4.85. The number of hydrogen-bond donors (Lipinski definition) is 2. The highest BCUT2D eigenvalue weighted by Gasteiger charge is 2.24. The summed E-state index contributed by atoms with van der Waals surface area (Å²) in [6.07, 6.45) is 1.56. The number of anilines is 1. The molecule has 12 heteroatoms. The Morgan fingerprint density at radius 3 is 2.59 bits per heavy atom. The summed E-state index contributed by atoms with van der Waals surface area (Å²) in [7, 11) is 0. The summed E-state index contributed by atoms with van der Waals surface area (Å²) in [5.74, 6) is 0.420. The molecule has 0 radical (unpaired) electrons. The van der Waals surface area contributed by atoms with Crippen LogP contribution in [0, 0.1) is 0 Å². The third kappa shape index (κ3) is 5.43. The van der Waals surface area contributed by atoms with Crippen molar-refractivity contribution >= 4 is 41.3 Å². The van der Waals surface area contributed by atoms with Gasteiger partial charge in [0.15, 0.2) is 5.69 Å². The van der Waals surface area contributed by atoms with E-state index in [0.717, 1.165) is 10.5 Å². The number of hydrazone groups is 1. The van der Waals surface area contributed by atoms with Crippen molar-refractivity contribution in [2.24, 2.45) is 5.10 Å². The average Bonchev–Trinajstić information content (AvgIpc) is 3.44. The fourth-order valence-corrected chi connectivity index (χ4v) is 4.00. The highest BCUT2D eigenvalue weighted by atomic mass is 35.5. The predicted octanol–water partition coefficient (Wildman–Crippen LogP) is 4.07. The van der Waals surface area contributed by atoms with Crippen molar-refractivity contribution in [3.05, 3.63) is 76.1 Å². The minimum atomic E-state index is -0.525.